The van der Waals surface area contributed by atoms with Gasteiger partial charge in [-0.1, -0.05) is 18.2 Å². The van der Waals surface area contributed by atoms with Crippen molar-refractivity contribution in [3.05, 3.63) is 59.2 Å². The number of amides is 1. The van der Waals surface area contributed by atoms with E-state index in [9.17, 15) is 13.2 Å². The second-order valence-corrected chi connectivity index (χ2v) is 8.56. The smallest absolute Gasteiger partial charge is 0.251 e. The maximum atomic E-state index is 12.7. The fourth-order valence-electron chi connectivity index (χ4n) is 3.10. The molecule has 144 valence electrons. The summed E-state index contributed by atoms with van der Waals surface area (Å²) in [6.07, 6.45) is 1.75. The summed E-state index contributed by atoms with van der Waals surface area (Å²) in [6.45, 7) is 3.23. The predicted molar refractivity (Wildman–Crippen MR) is 103 cm³/mol. The van der Waals surface area contributed by atoms with Crippen LogP contribution in [0.3, 0.4) is 0 Å². The molecule has 1 heterocycles. The van der Waals surface area contributed by atoms with Crippen LogP contribution in [0.5, 0.6) is 5.75 Å². The van der Waals surface area contributed by atoms with Gasteiger partial charge in [0.2, 0.25) is 10.0 Å². The van der Waals surface area contributed by atoms with Crippen LogP contribution in [0.15, 0.2) is 47.4 Å². The highest BCUT2D eigenvalue weighted by molar-refractivity contribution is 7.89. The molecule has 27 heavy (non-hydrogen) atoms. The molecule has 3 rings (SSSR count). The Balaban J connectivity index is 1.75. The molecule has 1 aliphatic heterocycles. The van der Waals surface area contributed by atoms with Crippen LogP contribution in [0.4, 0.5) is 0 Å². The topological polar surface area (TPSA) is 75.7 Å². The molecule has 0 radical (unpaired) electrons. The fourth-order valence-corrected chi connectivity index (χ4v) is 4.65. The first-order chi connectivity index (χ1) is 12.9. The quantitative estimate of drug-likeness (QED) is 0.826. The van der Waals surface area contributed by atoms with Gasteiger partial charge in [0.15, 0.2) is 0 Å². The van der Waals surface area contributed by atoms with E-state index in [-0.39, 0.29) is 10.8 Å². The Morgan fingerprint density at radius 1 is 1.11 bits per heavy atom. The number of nitrogens with zero attached hydrogens (tertiary/aromatic N) is 1. The lowest BCUT2D eigenvalue weighted by molar-refractivity contribution is 0.0950. The van der Waals surface area contributed by atoms with Crippen LogP contribution in [0.25, 0.3) is 0 Å². The molecular formula is C20H24N2O4S. The van der Waals surface area contributed by atoms with Gasteiger partial charge in [0, 0.05) is 25.2 Å². The van der Waals surface area contributed by atoms with Crippen LogP contribution in [0, 0.1) is 6.92 Å². The molecule has 6 nitrogen and oxygen atoms in total. The molecule has 2 aromatic carbocycles. The third-order valence-corrected chi connectivity index (χ3v) is 6.66. The zero-order valence-electron chi connectivity index (χ0n) is 15.6. The van der Waals surface area contributed by atoms with Gasteiger partial charge in [-0.15, -0.1) is 0 Å². The lowest BCUT2D eigenvalue weighted by atomic mass is 10.1. The molecule has 0 spiro atoms. The van der Waals surface area contributed by atoms with Crippen LogP contribution in [0.1, 0.15) is 34.3 Å². The van der Waals surface area contributed by atoms with Crippen molar-refractivity contribution in [2.24, 2.45) is 0 Å². The number of nitrogens with one attached hydrogen (secondary N) is 1. The minimum absolute atomic E-state index is 0.171. The summed E-state index contributed by atoms with van der Waals surface area (Å²) in [5.41, 5.74) is 2.05. The summed E-state index contributed by atoms with van der Waals surface area (Å²) in [5.74, 6) is 0.461. The molecule has 2 aromatic rings. The Labute approximate surface area is 160 Å². The second kappa shape index (κ2) is 8.10. The molecule has 0 saturated carbocycles. The SMILES string of the molecule is COc1ccc(CNC(=O)c2cc(S(=O)(=O)N3CCCC3)ccc2C)cc1. The first kappa shape index (κ1) is 19.4. The van der Waals surface area contributed by atoms with Gasteiger partial charge < -0.3 is 10.1 Å². The number of benzene rings is 2. The number of carbonyl (C=O) groups is 1. The van der Waals surface area contributed by atoms with E-state index >= 15 is 0 Å². The van der Waals surface area contributed by atoms with Gasteiger partial charge in [0.25, 0.3) is 5.91 Å². The minimum atomic E-state index is -3.55. The van der Waals surface area contributed by atoms with Gasteiger partial charge >= 0.3 is 0 Å². The van der Waals surface area contributed by atoms with Crippen molar-refractivity contribution in [3.63, 3.8) is 0 Å². The van der Waals surface area contributed by atoms with Crippen LogP contribution in [-0.2, 0) is 16.6 Å². The van der Waals surface area contributed by atoms with Gasteiger partial charge in [-0.25, -0.2) is 8.42 Å². The third-order valence-electron chi connectivity index (χ3n) is 4.77. The van der Waals surface area contributed by atoms with Gasteiger partial charge in [-0.3, -0.25) is 4.79 Å². The van der Waals surface area contributed by atoms with Crippen LogP contribution in [0.2, 0.25) is 0 Å². The molecule has 0 bridgehead atoms. The second-order valence-electron chi connectivity index (χ2n) is 6.62. The zero-order chi connectivity index (χ0) is 19.4. The highest BCUT2D eigenvalue weighted by atomic mass is 32.2. The Bertz CT molecular complexity index is 917. The van der Waals surface area contributed by atoms with Crippen molar-refractivity contribution >= 4 is 15.9 Å². The molecule has 0 aliphatic carbocycles. The molecule has 1 saturated heterocycles. The van der Waals surface area contributed by atoms with E-state index in [4.69, 9.17) is 4.74 Å². The third kappa shape index (κ3) is 4.31. The summed E-state index contributed by atoms with van der Waals surface area (Å²) in [4.78, 5) is 12.8. The molecule has 1 amide bonds. The van der Waals surface area contributed by atoms with Crippen LogP contribution in [-0.4, -0.2) is 38.8 Å². The number of ether oxygens (including phenoxy) is 1. The summed E-state index contributed by atoms with van der Waals surface area (Å²) in [7, 11) is -1.95. The summed E-state index contributed by atoms with van der Waals surface area (Å²) >= 11 is 0. The lowest BCUT2D eigenvalue weighted by Gasteiger charge is -2.17. The van der Waals surface area contributed by atoms with E-state index in [0.717, 1.165) is 29.7 Å². The number of methoxy groups -OCH3 is 1. The van der Waals surface area contributed by atoms with E-state index in [1.165, 1.54) is 10.4 Å². The van der Waals surface area contributed by atoms with E-state index in [1.807, 2.05) is 24.3 Å². The van der Waals surface area contributed by atoms with Gasteiger partial charge in [-0.2, -0.15) is 4.31 Å². The Kier molecular flexibility index (Phi) is 5.82. The number of sulfonamides is 1. The Hall–Kier alpha value is -2.38. The number of hydrogen-bond acceptors (Lipinski definition) is 4. The molecule has 1 fully saturated rings. The average molecular weight is 388 g/mol. The maximum Gasteiger partial charge on any atom is 0.251 e. The van der Waals surface area contributed by atoms with Crippen molar-refractivity contribution in [3.8, 4) is 5.75 Å². The van der Waals surface area contributed by atoms with E-state index < -0.39 is 10.0 Å². The van der Waals surface area contributed by atoms with Gasteiger partial charge in [-0.05, 0) is 55.2 Å². The minimum Gasteiger partial charge on any atom is -0.497 e. The largest absolute Gasteiger partial charge is 0.497 e. The Morgan fingerprint density at radius 2 is 1.78 bits per heavy atom. The first-order valence-electron chi connectivity index (χ1n) is 8.94. The number of carbonyl (C=O) groups excluding carboxylic acids is 1. The number of hydrogen-bond donors (Lipinski definition) is 1. The van der Waals surface area contributed by atoms with E-state index in [2.05, 4.69) is 5.32 Å². The Morgan fingerprint density at radius 3 is 2.41 bits per heavy atom. The number of aryl methyl sites for hydroxylation is 1. The van der Waals surface area contributed by atoms with Crippen molar-refractivity contribution < 1.29 is 17.9 Å². The predicted octanol–water partition coefficient (Wildman–Crippen LogP) is 2.72. The van der Waals surface area contributed by atoms with Crippen LogP contribution < -0.4 is 10.1 Å². The first-order valence-corrected chi connectivity index (χ1v) is 10.4. The van der Waals surface area contributed by atoms with Crippen molar-refractivity contribution in [2.45, 2.75) is 31.2 Å². The molecule has 0 atom stereocenters. The maximum absolute atomic E-state index is 12.7. The standard InChI is InChI=1S/C20H24N2O4S/c1-15-5-10-18(27(24,25)22-11-3-4-12-22)13-19(15)20(23)21-14-16-6-8-17(26-2)9-7-16/h5-10,13H,3-4,11-12,14H2,1-2H3,(H,21,23). The summed E-state index contributed by atoms with van der Waals surface area (Å²) < 4.78 is 32.1. The molecule has 1 aliphatic rings. The van der Waals surface area contributed by atoms with Gasteiger partial charge in [0.05, 0.1) is 12.0 Å². The average Bonchev–Trinajstić information content (AvgIpc) is 3.22. The van der Waals surface area contributed by atoms with E-state index in [1.54, 1.807) is 26.2 Å². The summed E-state index contributed by atoms with van der Waals surface area (Å²) in [6, 6.07) is 12.1. The van der Waals surface area contributed by atoms with Crippen LogP contribution >= 0.6 is 0 Å². The number of rotatable bonds is 6. The molecule has 0 unspecified atom stereocenters. The molecule has 7 heteroatoms. The van der Waals surface area contributed by atoms with Crippen molar-refractivity contribution in [1.82, 2.24) is 9.62 Å². The molecule has 1 N–H and O–H groups in total. The summed E-state index contributed by atoms with van der Waals surface area (Å²) in [5, 5.41) is 2.85. The highest BCUT2D eigenvalue weighted by Gasteiger charge is 2.28. The molecular weight excluding hydrogens is 364 g/mol. The van der Waals surface area contributed by atoms with Crippen molar-refractivity contribution in [1.29, 1.82) is 0 Å². The fraction of sp³-hybridized carbons (Fsp3) is 0.350. The zero-order valence-corrected chi connectivity index (χ0v) is 16.4. The highest BCUT2D eigenvalue weighted by Crippen LogP contribution is 2.23. The van der Waals surface area contributed by atoms with Crippen molar-refractivity contribution in [2.75, 3.05) is 20.2 Å². The van der Waals surface area contributed by atoms with Gasteiger partial charge in [0.1, 0.15) is 5.75 Å². The lowest BCUT2D eigenvalue weighted by Crippen LogP contribution is -2.29. The monoisotopic (exact) mass is 388 g/mol. The molecule has 0 aromatic heterocycles. The normalized spacial score (nSPS) is 14.9. The van der Waals surface area contributed by atoms with E-state index in [0.29, 0.717) is 25.2 Å².